The van der Waals surface area contributed by atoms with E-state index in [0.717, 1.165) is 10.5 Å². The van der Waals surface area contributed by atoms with E-state index in [4.69, 9.17) is 4.84 Å². The van der Waals surface area contributed by atoms with Crippen molar-refractivity contribution in [3.8, 4) is 0 Å². The Morgan fingerprint density at radius 3 is 2.33 bits per heavy atom. The van der Waals surface area contributed by atoms with Gasteiger partial charge in [-0.05, 0) is 31.2 Å². The first-order valence-corrected chi connectivity index (χ1v) is 7.50. The second-order valence-electron chi connectivity index (χ2n) is 5.83. The van der Waals surface area contributed by atoms with Crippen molar-refractivity contribution in [3.63, 3.8) is 0 Å². The van der Waals surface area contributed by atoms with Gasteiger partial charge in [0.05, 0.1) is 5.69 Å². The molecular formula is C18H13FN2O3. The number of aryl methyl sites for hydroxylation is 1. The number of benzene rings is 2. The van der Waals surface area contributed by atoms with E-state index >= 15 is 0 Å². The highest BCUT2D eigenvalue weighted by atomic mass is 19.1. The lowest BCUT2D eigenvalue weighted by Crippen LogP contribution is -2.33. The van der Waals surface area contributed by atoms with Gasteiger partial charge in [-0.25, -0.2) is 9.29 Å². The fraction of sp³-hybridized carbons (Fsp3) is 0.167. The summed E-state index contributed by atoms with van der Waals surface area (Å²) in [6.07, 6.45) is -0.959. The van der Waals surface area contributed by atoms with Crippen molar-refractivity contribution in [3.05, 3.63) is 65.5 Å². The Hall–Kier alpha value is -3.02. The number of hydrogen-bond donors (Lipinski definition) is 0. The Kier molecular flexibility index (Phi) is 3.19. The van der Waals surface area contributed by atoms with Crippen LogP contribution in [0.3, 0.4) is 0 Å². The monoisotopic (exact) mass is 324 g/mol. The predicted molar refractivity (Wildman–Crippen MR) is 85.0 cm³/mol. The summed E-state index contributed by atoms with van der Waals surface area (Å²) >= 11 is 0. The Morgan fingerprint density at radius 1 is 1.00 bits per heavy atom. The van der Waals surface area contributed by atoms with Crippen LogP contribution in [-0.4, -0.2) is 23.6 Å². The maximum atomic E-state index is 13.1. The predicted octanol–water partition coefficient (Wildman–Crippen LogP) is 2.43. The number of hydrogen-bond acceptors (Lipinski definition) is 4. The van der Waals surface area contributed by atoms with E-state index in [0.29, 0.717) is 17.0 Å². The highest BCUT2D eigenvalue weighted by Crippen LogP contribution is 2.35. The van der Waals surface area contributed by atoms with Crippen LogP contribution in [0.4, 0.5) is 10.1 Å². The molecule has 2 aliphatic rings. The third kappa shape index (κ3) is 2.11. The number of imide groups is 1. The summed E-state index contributed by atoms with van der Waals surface area (Å²) in [4.78, 5) is 31.7. The highest BCUT2D eigenvalue weighted by Gasteiger charge is 2.56. The zero-order chi connectivity index (χ0) is 16.8. The lowest BCUT2D eigenvalue weighted by molar-refractivity contribution is -0.126. The molecule has 0 aromatic heterocycles. The molecule has 5 nitrogen and oxygen atoms in total. The molecule has 0 unspecified atom stereocenters. The summed E-state index contributed by atoms with van der Waals surface area (Å²) in [5.41, 5.74) is 2.46. The molecule has 2 aliphatic heterocycles. The van der Waals surface area contributed by atoms with Crippen molar-refractivity contribution in [2.24, 2.45) is 11.1 Å². The molecular weight excluding hydrogens is 311 g/mol. The van der Waals surface area contributed by atoms with E-state index in [2.05, 4.69) is 5.16 Å². The third-order valence-electron chi connectivity index (χ3n) is 4.24. The summed E-state index contributed by atoms with van der Waals surface area (Å²) in [6, 6.07) is 12.7. The SMILES string of the molecule is Cc1ccc(N2C(=O)[C@@H]3C(c4ccc(F)cc4)=NO[C@@H]3C2=O)cc1. The molecule has 2 heterocycles. The first kappa shape index (κ1) is 14.6. The van der Waals surface area contributed by atoms with Crippen molar-refractivity contribution >= 4 is 23.2 Å². The summed E-state index contributed by atoms with van der Waals surface area (Å²) in [5, 5.41) is 3.89. The van der Waals surface area contributed by atoms with Crippen LogP contribution in [0.5, 0.6) is 0 Å². The van der Waals surface area contributed by atoms with E-state index in [9.17, 15) is 14.0 Å². The molecule has 1 saturated heterocycles. The molecule has 1 fully saturated rings. The van der Waals surface area contributed by atoms with Crippen molar-refractivity contribution in [1.82, 2.24) is 0 Å². The van der Waals surface area contributed by atoms with Gasteiger partial charge in [-0.1, -0.05) is 35.0 Å². The van der Waals surface area contributed by atoms with Gasteiger partial charge >= 0.3 is 0 Å². The lowest BCUT2D eigenvalue weighted by Gasteiger charge is -2.15. The minimum Gasteiger partial charge on any atom is -0.381 e. The average molecular weight is 324 g/mol. The smallest absolute Gasteiger partial charge is 0.278 e. The van der Waals surface area contributed by atoms with Crippen LogP contribution < -0.4 is 4.90 Å². The van der Waals surface area contributed by atoms with Crippen LogP contribution in [0.15, 0.2) is 53.7 Å². The maximum absolute atomic E-state index is 13.1. The number of carbonyl (C=O) groups excluding carboxylic acids is 2. The lowest BCUT2D eigenvalue weighted by atomic mass is 9.94. The van der Waals surface area contributed by atoms with E-state index in [1.54, 1.807) is 12.1 Å². The quantitative estimate of drug-likeness (QED) is 0.797. The van der Waals surface area contributed by atoms with E-state index < -0.39 is 17.9 Å². The van der Waals surface area contributed by atoms with Gasteiger partial charge in [-0.2, -0.15) is 0 Å². The van der Waals surface area contributed by atoms with Crippen molar-refractivity contribution < 1.29 is 18.8 Å². The fourth-order valence-electron chi connectivity index (χ4n) is 2.98. The second-order valence-corrected chi connectivity index (χ2v) is 5.83. The fourth-order valence-corrected chi connectivity index (χ4v) is 2.98. The van der Waals surface area contributed by atoms with E-state index in [1.165, 1.54) is 24.3 Å². The summed E-state index contributed by atoms with van der Waals surface area (Å²) in [6.45, 7) is 1.93. The number of halogens is 1. The standard InChI is InChI=1S/C18H13FN2O3/c1-10-2-8-13(9-3-10)21-17(22)14-15(20-24-16(14)18(21)23)11-4-6-12(19)7-5-11/h2-9,14,16H,1H3/t14-,16+/m1/s1. The highest BCUT2D eigenvalue weighted by molar-refractivity contribution is 6.32. The molecule has 0 N–H and O–H groups in total. The minimum absolute atomic E-state index is 0.355. The first-order valence-electron chi connectivity index (χ1n) is 7.50. The van der Waals surface area contributed by atoms with Crippen LogP contribution in [0, 0.1) is 18.7 Å². The van der Waals surface area contributed by atoms with Crippen LogP contribution >= 0.6 is 0 Å². The van der Waals surface area contributed by atoms with Crippen LogP contribution in [0.25, 0.3) is 0 Å². The van der Waals surface area contributed by atoms with Gasteiger partial charge in [0.2, 0.25) is 12.0 Å². The van der Waals surface area contributed by atoms with Crippen molar-refractivity contribution in [2.45, 2.75) is 13.0 Å². The maximum Gasteiger partial charge on any atom is 0.278 e. The number of rotatable bonds is 2. The van der Waals surface area contributed by atoms with Crippen molar-refractivity contribution in [1.29, 1.82) is 0 Å². The van der Waals surface area contributed by atoms with Crippen LogP contribution in [0.2, 0.25) is 0 Å². The molecule has 2 atom stereocenters. The van der Waals surface area contributed by atoms with Gasteiger partial charge in [0.15, 0.2) is 0 Å². The van der Waals surface area contributed by atoms with Gasteiger partial charge < -0.3 is 4.84 Å². The summed E-state index contributed by atoms with van der Waals surface area (Å²) < 4.78 is 13.1. The minimum atomic E-state index is -0.959. The van der Waals surface area contributed by atoms with Gasteiger partial charge in [0.1, 0.15) is 17.4 Å². The second kappa shape index (κ2) is 5.26. The Labute approximate surface area is 137 Å². The molecule has 24 heavy (non-hydrogen) atoms. The molecule has 0 bridgehead atoms. The number of amides is 2. The van der Waals surface area contributed by atoms with Crippen LogP contribution in [0.1, 0.15) is 11.1 Å². The Bertz CT molecular complexity index is 859. The largest absolute Gasteiger partial charge is 0.381 e. The van der Waals surface area contributed by atoms with Gasteiger partial charge in [-0.15, -0.1) is 0 Å². The summed E-state index contributed by atoms with van der Waals surface area (Å²) in [5.74, 6) is -2.00. The number of nitrogens with zero attached hydrogens (tertiary/aromatic N) is 2. The molecule has 0 saturated carbocycles. The molecule has 0 radical (unpaired) electrons. The number of carbonyl (C=O) groups is 2. The Balaban J connectivity index is 1.69. The van der Waals surface area contributed by atoms with E-state index in [-0.39, 0.29) is 11.7 Å². The number of anilines is 1. The molecule has 2 aromatic rings. The zero-order valence-electron chi connectivity index (χ0n) is 12.8. The topological polar surface area (TPSA) is 59.0 Å². The first-order chi connectivity index (χ1) is 11.6. The van der Waals surface area contributed by atoms with Gasteiger partial charge in [0, 0.05) is 5.56 Å². The van der Waals surface area contributed by atoms with Gasteiger partial charge in [-0.3, -0.25) is 9.59 Å². The number of oxime groups is 1. The number of fused-ring (bicyclic) bond motifs is 1. The molecule has 2 aromatic carbocycles. The molecule has 6 heteroatoms. The molecule has 4 rings (SSSR count). The molecule has 0 spiro atoms. The van der Waals surface area contributed by atoms with Crippen LogP contribution in [-0.2, 0) is 14.4 Å². The average Bonchev–Trinajstić information content (AvgIpc) is 3.11. The third-order valence-corrected chi connectivity index (χ3v) is 4.24. The Morgan fingerprint density at radius 2 is 1.67 bits per heavy atom. The van der Waals surface area contributed by atoms with Gasteiger partial charge in [0.25, 0.3) is 5.91 Å². The summed E-state index contributed by atoms with van der Waals surface area (Å²) in [7, 11) is 0. The molecule has 120 valence electrons. The normalized spacial score (nSPS) is 22.4. The molecule has 0 aliphatic carbocycles. The van der Waals surface area contributed by atoms with E-state index in [1.807, 2.05) is 19.1 Å². The van der Waals surface area contributed by atoms with Crippen molar-refractivity contribution in [2.75, 3.05) is 4.90 Å². The molecule has 2 amide bonds. The zero-order valence-corrected chi connectivity index (χ0v) is 12.8.